The maximum atomic E-state index is 13.4. The maximum absolute atomic E-state index is 13.4. The number of esters is 2. The fraction of sp³-hybridized carbons (Fsp3) is 0.379. The molecule has 210 valence electrons. The van der Waals surface area contributed by atoms with Crippen molar-refractivity contribution in [2.24, 2.45) is 5.92 Å². The number of carbonyl (C=O) groups excluding carboxylic acids is 2. The van der Waals surface area contributed by atoms with Crippen LogP contribution in [0.2, 0.25) is 0 Å². The first-order chi connectivity index (χ1) is 19.4. The lowest BCUT2D eigenvalue weighted by atomic mass is 9.98. The van der Waals surface area contributed by atoms with Crippen molar-refractivity contribution >= 4 is 11.9 Å². The fourth-order valence-corrected chi connectivity index (χ4v) is 4.29. The second-order valence-corrected chi connectivity index (χ2v) is 9.53. The van der Waals surface area contributed by atoms with Gasteiger partial charge in [-0.3, -0.25) is 4.79 Å². The SMILES string of the molecule is CCCc1nc(CC)c(C(=O)OC(OC)OC(=O)C(C)C)n1Cc1ccc(-c2ccccc2-c2nnn[nH]2)cc1. The number of benzene rings is 2. The number of rotatable bonds is 12. The van der Waals surface area contributed by atoms with Crippen LogP contribution < -0.4 is 0 Å². The number of ether oxygens (including phenoxy) is 3. The Hall–Kier alpha value is -4.38. The van der Waals surface area contributed by atoms with Gasteiger partial charge in [-0.25, -0.2) is 14.9 Å². The lowest BCUT2D eigenvalue weighted by Gasteiger charge is -2.18. The van der Waals surface area contributed by atoms with Crippen molar-refractivity contribution in [3.05, 3.63) is 71.3 Å². The summed E-state index contributed by atoms with van der Waals surface area (Å²) in [7, 11) is 1.31. The lowest BCUT2D eigenvalue weighted by molar-refractivity contribution is -0.244. The Morgan fingerprint density at radius 2 is 1.73 bits per heavy atom. The molecule has 40 heavy (non-hydrogen) atoms. The standard InChI is InChI=1S/C29H34N6O5/c1-6-10-24-30-23(7-2)25(28(37)40-29(38-5)39-27(36)18(3)4)35(24)17-19-13-15-20(16-14-19)21-11-8-9-12-22(21)26-31-33-34-32-26/h8-9,11-16,18,29H,6-7,10,17H2,1-5H3,(H,31,32,33,34). The van der Waals surface area contributed by atoms with E-state index in [4.69, 9.17) is 19.2 Å². The fourth-order valence-electron chi connectivity index (χ4n) is 4.29. The summed E-state index contributed by atoms with van der Waals surface area (Å²) in [5.74, 6) is -0.220. The average molecular weight is 547 g/mol. The Balaban J connectivity index is 1.63. The molecule has 11 nitrogen and oxygen atoms in total. The predicted molar refractivity (Wildman–Crippen MR) is 147 cm³/mol. The molecule has 4 aromatic rings. The van der Waals surface area contributed by atoms with Gasteiger partial charge in [0.05, 0.1) is 11.6 Å². The van der Waals surface area contributed by atoms with E-state index >= 15 is 0 Å². The third-order valence-corrected chi connectivity index (χ3v) is 6.33. The van der Waals surface area contributed by atoms with Crippen molar-refractivity contribution in [3.8, 4) is 22.5 Å². The second kappa shape index (κ2) is 13.1. The third kappa shape index (κ3) is 6.42. The number of tetrazole rings is 1. The van der Waals surface area contributed by atoms with Gasteiger partial charge in [-0.1, -0.05) is 76.2 Å². The lowest BCUT2D eigenvalue weighted by Crippen LogP contribution is -2.29. The van der Waals surface area contributed by atoms with Crippen LogP contribution in [0.15, 0.2) is 48.5 Å². The second-order valence-electron chi connectivity index (χ2n) is 9.53. The van der Waals surface area contributed by atoms with Crippen LogP contribution in [0.25, 0.3) is 22.5 Å². The number of aryl methyl sites for hydroxylation is 2. The van der Waals surface area contributed by atoms with E-state index in [1.807, 2.05) is 60.0 Å². The highest BCUT2D eigenvalue weighted by atomic mass is 16.9. The molecule has 0 bridgehead atoms. The van der Waals surface area contributed by atoms with Gasteiger partial charge in [-0.15, -0.1) is 5.10 Å². The zero-order valence-electron chi connectivity index (χ0n) is 23.4. The van der Waals surface area contributed by atoms with Crippen molar-refractivity contribution in [3.63, 3.8) is 0 Å². The number of aromatic amines is 1. The first kappa shape index (κ1) is 28.6. The van der Waals surface area contributed by atoms with E-state index in [-0.39, 0.29) is 0 Å². The summed E-state index contributed by atoms with van der Waals surface area (Å²) in [5.41, 5.74) is 4.79. The van der Waals surface area contributed by atoms with Crippen LogP contribution in [-0.4, -0.2) is 55.7 Å². The number of H-pyrrole nitrogens is 1. The normalized spacial score (nSPS) is 11.9. The van der Waals surface area contributed by atoms with E-state index in [1.54, 1.807) is 13.8 Å². The van der Waals surface area contributed by atoms with E-state index in [1.165, 1.54) is 7.11 Å². The number of nitrogens with zero attached hydrogens (tertiary/aromatic N) is 5. The van der Waals surface area contributed by atoms with Gasteiger partial charge in [0.25, 0.3) is 0 Å². The molecule has 0 amide bonds. The minimum Gasteiger partial charge on any atom is -0.400 e. The summed E-state index contributed by atoms with van der Waals surface area (Å²) < 4.78 is 17.6. The highest BCUT2D eigenvalue weighted by molar-refractivity contribution is 5.89. The summed E-state index contributed by atoms with van der Waals surface area (Å²) in [6.45, 7) is 6.32. The predicted octanol–water partition coefficient (Wildman–Crippen LogP) is 4.58. The van der Waals surface area contributed by atoms with Crippen molar-refractivity contribution < 1.29 is 23.8 Å². The summed E-state index contributed by atoms with van der Waals surface area (Å²) in [6, 6.07) is 16.0. The molecule has 0 fully saturated rings. The molecule has 0 saturated heterocycles. The van der Waals surface area contributed by atoms with Crippen LogP contribution in [0.3, 0.4) is 0 Å². The first-order valence-corrected chi connectivity index (χ1v) is 13.3. The van der Waals surface area contributed by atoms with E-state index in [0.29, 0.717) is 36.6 Å². The van der Waals surface area contributed by atoms with E-state index < -0.39 is 24.3 Å². The van der Waals surface area contributed by atoms with Crippen molar-refractivity contribution in [1.29, 1.82) is 0 Å². The van der Waals surface area contributed by atoms with Gasteiger partial charge in [0.15, 0.2) is 11.5 Å². The minimum absolute atomic E-state index is 0.320. The smallest absolute Gasteiger partial charge is 0.365 e. The summed E-state index contributed by atoms with van der Waals surface area (Å²) in [6.07, 6.45) is 2.07. The molecule has 2 aromatic heterocycles. The number of hydrogen-bond donors (Lipinski definition) is 1. The van der Waals surface area contributed by atoms with Crippen LogP contribution in [0.4, 0.5) is 0 Å². The van der Waals surface area contributed by atoms with Crippen molar-refractivity contribution in [1.82, 2.24) is 30.2 Å². The largest absolute Gasteiger partial charge is 0.400 e. The molecule has 1 unspecified atom stereocenters. The number of nitrogens with one attached hydrogen (secondary N) is 1. The van der Waals surface area contributed by atoms with Gasteiger partial charge in [-0.05, 0) is 40.0 Å². The Labute approximate surface area is 232 Å². The van der Waals surface area contributed by atoms with Crippen LogP contribution in [-0.2, 0) is 38.4 Å². The molecule has 0 aliphatic rings. The molecule has 11 heteroatoms. The van der Waals surface area contributed by atoms with Gasteiger partial charge < -0.3 is 18.8 Å². The van der Waals surface area contributed by atoms with Crippen LogP contribution in [0.5, 0.6) is 0 Å². The van der Waals surface area contributed by atoms with E-state index in [9.17, 15) is 9.59 Å². The average Bonchev–Trinajstić information content (AvgIpc) is 3.62. The highest BCUT2D eigenvalue weighted by Crippen LogP contribution is 2.30. The summed E-state index contributed by atoms with van der Waals surface area (Å²) >= 11 is 0. The highest BCUT2D eigenvalue weighted by Gasteiger charge is 2.28. The zero-order valence-corrected chi connectivity index (χ0v) is 23.4. The van der Waals surface area contributed by atoms with Gasteiger partial charge in [-0.2, -0.15) is 0 Å². The van der Waals surface area contributed by atoms with E-state index in [0.717, 1.165) is 34.5 Å². The quantitative estimate of drug-likeness (QED) is 0.200. The van der Waals surface area contributed by atoms with Crippen LogP contribution in [0, 0.1) is 5.92 Å². The molecule has 0 aliphatic heterocycles. The number of hydrogen-bond acceptors (Lipinski definition) is 9. The zero-order chi connectivity index (χ0) is 28.6. The molecule has 0 saturated carbocycles. The third-order valence-electron chi connectivity index (χ3n) is 6.33. The molecule has 4 rings (SSSR count). The molecule has 0 radical (unpaired) electrons. The van der Waals surface area contributed by atoms with Gasteiger partial charge >= 0.3 is 18.4 Å². The molecule has 0 aliphatic carbocycles. The molecule has 2 aromatic carbocycles. The monoisotopic (exact) mass is 546 g/mol. The molecular formula is C29H34N6O5. The Kier molecular flexibility index (Phi) is 9.39. The van der Waals surface area contributed by atoms with Gasteiger partial charge in [0.2, 0.25) is 0 Å². The molecule has 0 spiro atoms. The Morgan fingerprint density at radius 3 is 2.33 bits per heavy atom. The van der Waals surface area contributed by atoms with Crippen molar-refractivity contribution in [2.75, 3.05) is 7.11 Å². The molecular weight excluding hydrogens is 512 g/mol. The molecule has 1 N–H and O–H groups in total. The maximum Gasteiger partial charge on any atom is 0.365 e. The first-order valence-electron chi connectivity index (χ1n) is 13.3. The summed E-state index contributed by atoms with van der Waals surface area (Å²) in [5, 5.41) is 14.3. The molecule has 2 heterocycles. The minimum atomic E-state index is -1.45. The number of imidazole rings is 1. The van der Waals surface area contributed by atoms with Crippen LogP contribution >= 0.6 is 0 Å². The van der Waals surface area contributed by atoms with E-state index in [2.05, 4.69) is 27.5 Å². The van der Waals surface area contributed by atoms with Crippen LogP contribution in [0.1, 0.15) is 61.7 Å². The van der Waals surface area contributed by atoms with Gasteiger partial charge in [0, 0.05) is 25.6 Å². The summed E-state index contributed by atoms with van der Waals surface area (Å²) in [4.78, 5) is 30.2. The Bertz CT molecular complexity index is 1430. The van der Waals surface area contributed by atoms with Gasteiger partial charge in [0.1, 0.15) is 5.82 Å². The Morgan fingerprint density at radius 1 is 1.00 bits per heavy atom. The topological polar surface area (TPSA) is 134 Å². The number of methoxy groups -OCH3 is 1. The number of carbonyl (C=O) groups is 2. The molecule has 1 atom stereocenters. The number of aromatic nitrogens is 6. The van der Waals surface area contributed by atoms with Crippen molar-refractivity contribution in [2.45, 2.75) is 60.0 Å².